The van der Waals surface area contributed by atoms with E-state index in [1.807, 2.05) is 0 Å². The van der Waals surface area contributed by atoms with Crippen molar-refractivity contribution < 1.29 is 14.3 Å². The van der Waals surface area contributed by atoms with Gasteiger partial charge in [0.2, 0.25) is 0 Å². The Morgan fingerprint density at radius 1 is 1.43 bits per heavy atom. The summed E-state index contributed by atoms with van der Waals surface area (Å²) in [6, 6.07) is 0. The van der Waals surface area contributed by atoms with Crippen molar-refractivity contribution in [2.75, 3.05) is 0 Å². The molecule has 118 valence electrons. The molecule has 0 spiro atoms. The van der Waals surface area contributed by atoms with Gasteiger partial charge in [-0.15, -0.1) is 0 Å². The van der Waals surface area contributed by atoms with Gasteiger partial charge in [-0.25, -0.2) is 0 Å². The molecule has 3 nitrogen and oxygen atoms in total. The van der Waals surface area contributed by atoms with Crippen LogP contribution in [0.4, 0.5) is 0 Å². The first-order valence-corrected chi connectivity index (χ1v) is 8.26. The maximum Gasteiger partial charge on any atom is 0.306 e. The largest absolute Gasteiger partial charge is 0.462 e. The molecule has 2 fully saturated rings. The number of carbonyl (C=O) groups excluding carboxylic acids is 2. The van der Waals surface area contributed by atoms with Gasteiger partial charge in [0.05, 0.1) is 6.42 Å². The van der Waals surface area contributed by atoms with Crippen LogP contribution in [-0.4, -0.2) is 17.9 Å². The first-order valence-electron chi connectivity index (χ1n) is 8.26. The average Bonchev–Trinajstić information content (AvgIpc) is 2.88. The molecular weight excluding hydrogens is 264 g/mol. The Hall–Kier alpha value is -1.12. The SMILES string of the molecule is CCCCC(C)(C)/C=C/C(=O)[C@@H]1[C@H]2CC(=O)O[C@H]2C[C@H]1C. The maximum atomic E-state index is 12.6. The summed E-state index contributed by atoms with van der Waals surface area (Å²) < 4.78 is 5.32. The monoisotopic (exact) mass is 292 g/mol. The normalized spacial score (nSPS) is 32.5. The van der Waals surface area contributed by atoms with Gasteiger partial charge in [0.25, 0.3) is 0 Å². The summed E-state index contributed by atoms with van der Waals surface area (Å²) in [5, 5.41) is 0. The van der Waals surface area contributed by atoms with Crippen molar-refractivity contribution >= 4 is 11.8 Å². The van der Waals surface area contributed by atoms with E-state index in [0.717, 1.165) is 12.8 Å². The fraction of sp³-hybridized carbons (Fsp3) is 0.778. The van der Waals surface area contributed by atoms with Gasteiger partial charge in [0, 0.05) is 11.8 Å². The van der Waals surface area contributed by atoms with Crippen molar-refractivity contribution in [3.8, 4) is 0 Å². The summed E-state index contributed by atoms with van der Waals surface area (Å²) in [6.45, 7) is 8.64. The Balaban J connectivity index is 2.01. The summed E-state index contributed by atoms with van der Waals surface area (Å²) in [5.41, 5.74) is 0.0644. The zero-order chi connectivity index (χ0) is 15.6. The van der Waals surface area contributed by atoms with E-state index >= 15 is 0 Å². The molecular formula is C18H28O3. The van der Waals surface area contributed by atoms with E-state index in [4.69, 9.17) is 4.74 Å². The quantitative estimate of drug-likeness (QED) is 0.550. The number of hydrogen-bond donors (Lipinski definition) is 0. The second-order valence-corrected chi connectivity index (χ2v) is 7.46. The lowest BCUT2D eigenvalue weighted by molar-refractivity contribution is -0.141. The zero-order valence-corrected chi connectivity index (χ0v) is 13.7. The molecule has 1 aliphatic heterocycles. The highest BCUT2D eigenvalue weighted by Crippen LogP contribution is 2.45. The van der Waals surface area contributed by atoms with E-state index < -0.39 is 0 Å². The number of hydrogen-bond acceptors (Lipinski definition) is 3. The predicted molar refractivity (Wildman–Crippen MR) is 82.7 cm³/mol. The van der Waals surface area contributed by atoms with Crippen molar-refractivity contribution in [2.45, 2.75) is 65.9 Å². The molecule has 1 aliphatic carbocycles. The lowest BCUT2D eigenvalue weighted by Gasteiger charge is -2.21. The second kappa shape index (κ2) is 6.33. The van der Waals surface area contributed by atoms with Gasteiger partial charge in [0.15, 0.2) is 5.78 Å². The first kappa shape index (κ1) is 16.3. The number of rotatable bonds is 6. The summed E-state index contributed by atoms with van der Waals surface area (Å²) in [5.74, 6) is 0.409. The Morgan fingerprint density at radius 3 is 2.81 bits per heavy atom. The molecule has 0 amide bonds. The minimum absolute atomic E-state index is 0.0250. The number of allylic oxidation sites excluding steroid dienone is 2. The molecule has 0 radical (unpaired) electrons. The van der Waals surface area contributed by atoms with E-state index in [0.29, 0.717) is 12.3 Å². The van der Waals surface area contributed by atoms with Crippen LogP contribution in [0.25, 0.3) is 0 Å². The lowest BCUT2D eigenvalue weighted by Crippen LogP contribution is -2.24. The van der Waals surface area contributed by atoms with Crippen LogP contribution in [0.2, 0.25) is 0 Å². The van der Waals surface area contributed by atoms with E-state index in [1.54, 1.807) is 6.08 Å². The van der Waals surface area contributed by atoms with Gasteiger partial charge in [-0.05, 0) is 30.3 Å². The molecule has 0 unspecified atom stereocenters. The first-order chi connectivity index (χ1) is 9.84. The number of ether oxygens (including phenoxy) is 1. The number of carbonyl (C=O) groups is 2. The fourth-order valence-electron chi connectivity index (χ4n) is 3.77. The zero-order valence-electron chi connectivity index (χ0n) is 13.7. The van der Waals surface area contributed by atoms with E-state index in [9.17, 15) is 9.59 Å². The van der Waals surface area contributed by atoms with Crippen LogP contribution in [0.5, 0.6) is 0 Å². The molecule has 4 atom stereocenters. The van der Waals surface area contributed by atoms with E-state index in [2.05, 4.69) is 33.8 Å². The van der Waals surface area contributed by atoms with Crippen molar-refractivity contribution in [1.82, 2.24) is 0 Å². The highest BCUT2D eigenvalue weighted by Gasteiger charge is 2.50. The van der Waals surface area contributed by atoms with Gasteiger partial charge in [-0.3, -0.25) is 9.59 Å². The summed E-state index contributed by atoms with van der Waals surface area (Å²) in [6.07, 6.45) is 8.50. The molecule has 0 aromatic carbocycles. The molecule has 1 heterocycles. The number of esters is 1. The molecule has 2 aliphatic rings. The second-order valence-electron chi connectivity index (χ2n) is 7.46. The van der Waals surface area contributed by atoms with Gasteiger partial charge in [-0.1, -0.05) is 46.6 Å². The van der Waals surface area contributed by atoms with Crippen LogP contribution < -0.4 is 0 Å². The Bertz CT molecular complexity index is 436. The minimum atomic E-state index is -0.137. The maximum absolute atomic E-state index is 12.6. The van der Waals surface area contributed by atoms with Crippen LogP contribution in [0.1, 0.15) is 59.8 Å². The molecule has 0 aromatic heterocycles. The topological polar surface area (TPSA) is 43.4 Å². The number of fused-ring (bicyclic) bond motifs is 1. The molecule has 1 saturated carbocycles. The van der Waals surface area contributed by atoms with E-state index in [1.165, 1.54) is 12.8 Å². The Labute approximate surface area is 128 Å². The number of unbranched alkanes of at least 4 members (excludes halogenated alkanes) is 1. The summed E-state index contributed by atoms with van der Waals surface area (Å²) in [4.78, 5) is 24.0. The Kier molecular flexibility index (Phi) is 4.90. The standard InChI is InChI=1S/C18H28O3/c1-5-6-8-18(3,4)9-7-14(19)17-12(2)10-15-13(17)11-16(20)21-15/h7,9,12-13,15,17H,5-6,8,10-11H2,1-4H3/b9-7+/t12-,13+,15+,17+/m1/s1. The van der Waals surface area contributed by atoms with Gasteiger partial charge < -0.3 is 4.74 Å². The minimum Gasteiger partial charge on any atom is -0.462 e. The third-order valence-corrected chi connectivity index (χ3v) is 5.04. The smallest absolute Gasteiger partial charge is 0.306 e. The van der Waals surface area contributed by atoms with Crippen LogP contribution in [0, 0.1) is 23.2 Å². The average molecular weight is 292 g/mol. The predicted octanol–water partition coefficient (Wildman–Crippen LogP) is 3.92. The third kappa shape index (κ3) is 3.75. The third-order valence-electron chi connectivity index (χ3n) is 5.04. The highest BCUT2D eigenvalue weighted by atomic mass is 16.6. The molecule has 0 N–H and O–H groups in total. The highest BCUT2D eigenvalue weighted by molar-refractivity contribution is 5.93. The van der Waals surface area contributed by atoms with Crippen LogP contribution in [0.15, 0.2) is 12.2 Å². The molecule has 0 bridgehead atoms. The fourth-order valence-corrected chi connectivity index (χ4v) is 3.77. The van der Waals surface area contributed by atoms with Gasteiger partial charge >= 0.3 is 5.97 Å². The van der Waals surface area contributed by atoms with Crippen molar-refractivity contribution in [2.24, 2.45) is 23.2 Å². The van der Waals surface area contributed by atoms with Crippen LogP contribution in [0.3, 0.4) is 0 Å². The molecule has 21 heavy (non-hydrogen) atoms. The van der Waals surface area contributed by atoms with Gasteiger partial charge in [-0.2, -0.15) is 0 Å². The number of ketones is 1. The molecule has 0 aromatic rings. The lowest BCUT2D eigenvalue weighted by atomic mass is 9.82. The van der Waals surface area contributed by atoms with Gasteiger partial charge in [0.1, 0.15) is 6.10 Å². The summed E-state index contributed by atoms with van der Waals surface area (Å²) in [7, 11) is 0. The summed E-state index contributed by atoms with van der Waals surface area (Å²) >= 11 is 0. The van der Waals surface area contributed by atoms with Crippen molar-refractivity contribution in [3.63, 3.8) is 0 Å². The molecule has 1 saturated heterocycles. The molecule has 2 rings (SSSR count). The molecule has 3 heteroatoms. The Morgan fingerprint density at radius 2 is 2.14 bits per heavy atom. The van der Waals surface area contributed by atoms with Crippen LogP contribution in [-0.2, 0) is 14.3 Å². The van der Waals surface area contributed by atoms with Crippen molar-refractivity contribution in [3.05, 3.63) is 12.2 Å². The van der Waals surface area contributed by atoms with Crippen molar-refractivity contribution in [1.29, 1.82) is 0 Å². The van der Waals surface area contributed by atoms with E-state index in [-0.39, 0.29) is 35.1 Å². The van der Waals surface area contributed by atoms with Crippen LogP contribution >= 0.6 is 0 Å².